The zero-order valence-electron chi connectivity index (χ0n) is 19.1. The quantitative estimate of drug-likeness (QED) is 0.479. The van der Waals surface area contributed by atoms with Crippen molar-refractivity contribution in [2.45, 2.75) is 51.1 Å². The van der Waals surface area contributed by atoms with Crippen LogP contribution in [0.1, 0.15) is 38.3 Å². The third kappa shape index (κ3) is 5.70. The van der Waals surface area contributed by atoms with Gasteiger partial charge in [-0.25, -0.2) is 9.48 Å². The lowest BCUT2D eigenvalue weighted by Crippen LogP contribution is -2.47. The van der Waals surface area contributed by atoms with E-state index in [1.165, 1.54) is 21.4 Å². The number of hydrogen-bond donors (Lipinski definition) is 1. The van der Waals surface area contributed by atoms with Gasteiger partial charge in [0.05, 0.1) is 12.1 Å². The first-order valence-corrected chi connectivity index (χ1v) is 11.4. The van der Waals surface area contributed by atoms with E-state index in [4.69, 9.17) is 16.3 Å². The molecule has 186 valence electrons. The van der Waals surface area contributed by atoms with Crippen LogP contribution in [-0.2, 0) is 17.5 Å². The molecule has 0 atom stereocenters. The van der Waals surface area contributed by atoms with E-state index >= 15 is 0 Å². The van der Waals surface area contributed by atoms with Crippen molar-refractivity contribution in [2.24, 2.45) is 0 Å². The van der Waals surface area contributed by atoms with Crippen LogP contribution < -0.4 is 15.7 Å². The Balaban J connectivity index is 1.47. The molecule has 0 saturated heterocycles. The van der Waals surface area contributed by atoms with Gasteiger partial charge in [0.15, 0.2) is 11.4 Å². The van der Waals surface area contributed by atoms with Crippen LogP contribution in [0.3, 0.4) is 0 Å². The lowest BCUT2D eigenvalue weighted by molar-refractivity contribution is -0.137. The molecule has 0 radical (unpaired) electrons. The van der Waals surface area contributed by atoms with Crippen molar-refractivity contribution in [2.75, 3.05) is 6.54 Å². The van der Waals surface area contributed by atoms with Gasteiger partial charge in [-0.05, 0) is 63.1 Å². The van der Waals surface area contributed by atoms with Gasteiger partial charge in [-0.2, -0.15) is 13.2 Å². The fourth-order valence-corrected chi connectivity index (χ4v) is 3.72. The predicted octanol–water partition coefficient (Wildman–Crippen LogP) is 4.69. The Hall–Kier alpha value is -3.27. The minimum atomic E-state index is -4.51. The first kappa shape index (κ1) is 24.8. The Kier molecular flexibility index (Phi) is 6.68. The Bertz CT molecular complexity index is 1280. The zero-order chi connectivity index (χ0) is 25.4. The number of halogens is 4. The van der Waals surface area contributed by atoms with Crippen LogP contribution in [0.4, 0.5) is 13.2 Å². The van der Waals surface area contributed by atoms with Crippen molar-refractivity contribution in [3.8, 4) is 17.1 Å². The average molecular weight is 509 g/mol. The molecule has 1 aliphatic rings. The van der Waals surface area contributed by atoms with Gasteiger partial charge in [0.2, 0.25) is 0 Å². The predicted molar refractivity (Wildman–Crippen MR) is 124 cm³/mol. The van der Waals surface area contributed by atoms with Gasteiger partial charge in [-0.3, -0.25) is 9.36 Å². The number of alkyl halides is 3. The highest BCUT2D eigenvalue weighted by molar-refractivity contribution is 6.30. The fraction of sp³-hybridized carbons (Fsp3) is 0.375. The van der Waals surface area contributed by atoms with Crippen LogP contribution in [0.5, 0.6) is 5.75 Å². The summed E-state index contributed by atoms with van der Waals surface area (Å²) in [6.07, 6.45) is -3.00. The Morgan fingerprint density at radius 2 is 1.86 bits per heavy atom. The molecule has 1 fully saturated rings. The van der Waals surface area contributed by atoms with Crippen LogP contribution >= 0.6 is 11.6 Å². The smallest absolute Gasteiger partial charge is 0.416 e. The number of carbonyl (C=O) groups excluding carboxylic acids is 1. The minimum absolute atomic E-state index is 0.0489. The molecule has 0 unspecified atom stereocenters. The number of amides is 1. The van der Waals surface area contributed by atoms with Crippen LogP contribution in [0.2, 0.25) is 5.02 Å². The van der Waals surface area contributed by atoms with Crippen LogP contribution in [0.25, 0.3) is 11.4 Å². The van der Waals surface area contributed by atoms with E-state index in [1.54, 1.807) is 38.1 Å². The number of nitrogens with one attached hydrogen (secondary N) is 1. The summed E-state index contributed by atoms with van der Waals surface area (Å²) in [5.74, 6) is 0.251. The molecule has 1 aliphatic carbocycles. The monoisotopic (exact) mass is 508 g/mol. The van der Waals surface area contributed by atoms with Crippen molar-refractivity contribution >= 4 is 17.5 Å². The summed E-state index contributed by atoms with van der Waals surface area (Å²) in [6, 6.07) is 11.3. The van der Waals surface area contributed by atoms with Crippen molar-refractivity contribution in [1.29, 1.82) is 0 Å². The molecule has 35 heavy (non-hydrogen) atoms. The Labute approximate surface area is 204 Å². The van der Waals surface area contributed by atoms with E-state index < -0.39 is 28.9 Å². The second kappa shape index (κ2) is 9.41. The van der Waals surface area contributed by atoms with Gasteiger partial charge in [0.25, 0.3) is 5.91 Å². The van der Waals surface area contributed by atoms with Crippen molar-refractivity contribution in [3.63, 3.8) is 0 Å². The SMILES string of the molecule is CC(C)(Oc1ccc(Cl)cc1)C(=O)NCCn1nc(-c2cccc(C(F)(F)F)c2)n(C2CC2)c1=O. The van der Waals surface area contributed by atoms with E-state index in [0.29, 0.717) is 10.8 Å². The van der Waals surface area contributed by atoms with E-state index in [1.807, 2.05) is 0 Å². The van der Waals surface area contributed by atoms with Gasteiger partial charge in [0, 0.05) is 23.2 Å². The van der Waals surface area contributed by atoms with Gasteiger partial charge in [-0.15, -0.1) is 5.10 Å². The summed E-state index contributed by atoms with van der Waals surface area (Å²) in [6.45, 7) is 3.34. The Morgan fingerprint density at radius 3 is 2.49 bits per heavy atom. The van der Waals surface area contributed by atoms with Gasteiger partial charge in [-0.1, -0.05) is 23.7 Å². The average Bonchev–Trinajstić information content (AvgIpc) is 3.58. The van der Waals surface area contributed by atoms with Gasteiger partial charge >= 0.3 is 11.9 Å². The normalized spacial score (nSPS) is 14.1. The summed E-state index contributed by atoms with van der Waals surface area (Å²) >= 11 is 5.87. The first-order valence-electron chi connectivity index (χ1n) is 11.1. The number of rotatable bonds is 8. The molecular formula is C24H24ClF3N4O3. The van der Waals surface area contributed by atoms with E-state index in [-0.39, 0.29) is 30.5 Å². The van der Waals surface area contributed by atoms with Gasteiger partial charge in [0.1, 0.15) is 5.75 Å². The van der Waals surface area contributed by atoms with E-state index in [2.05, 4.69) is 10.4 Å². The lowest BCUT2D eigenvalue weighted by atomic mass is 10.1. The molecule has 1 amide bonds. The van der Waals surface area contributed by atoms with Crippen LogP contribution in [0, 0.1) is 0 Å². The second-order valence-corrected chi connectivity index (χ2v) is 9.27. The van der Waals surface area contributed by atoms with Crippen LogP contribution in [-0.4, -0.2) is 32.4 Å². The maximum Gasteiger partial charge on any atom is 0.416 e. The molecule has 7 nitrogen and oxygen atoms in total. The molecule has 3 aromatic rings. The van der Waals surface area contributed by atoms with Crippen molar-refractivity contribution in [3.05, 3.63) is 69.6 Å². The molecule has 2 aromatic carbocycles. The molecule has 0 bridgehead atoms. The number of carbonyl (C=O) groups is 1. The summed E-state index contributed by atoms with van der Waals surface area (Å²) < 4.78 is 47.9. The Morgan fingerprint density at radius 1 is 1.17 bits per heavy atom. The summed E-state index contributed by atoms with van der Waals surface area (Å²) in [5.41, 5.74) is -2.22. The molecule has 1 N–H and O–H groups in total. The molecule has 4 rings (SSSR count). The molecule has 1 heterocycles. The van der Waals surface area contributed by atoms with Crippen molar-refractivity contribution in [1.82, 2.24) is 19.7 Å². The summed E-state index contributed by atoms with van der Waals surface area (Å²) in [4.78, 5) is 25.6. The van der Waals surface area contributed by atoms with Gasteiger partial charge < -0.3 is 10.1 Å². The number of hydrogen-bond acceptors (Lipinski definition) is 4. The highest BCUT2D eigenvalue weighted by Crippen LogP contribution is 2.37. The summed E-state index contributed by atoms with van der Waals surface area (Å²) in [7, 11) is 0. The molecule has 1 saturated carbocycles. The maximum atomic E-state index is 13.2. The van der Waals surface area contributed by atoms with E-state index in [0.717, 1.165) is 25.0 Å². The van der Waals surface area contributed by atoms with Crippen molar-refractivity contribution < 1.29 is 22.7 Å². The molecule has 0 aliphatic heterocycles. The second-order valence-electron chi connectivity index (χ2n) is 8.83. The highest BCUT2D eigenvalue weighted by Gasteiger charge is 2.34. The first-order chi connectivity index (χ1) is 16.5. The topological polar surface area (TPSA) is 78.2 Å². The minimum Gasteiger partial charge on any atom is -0.478 e. The zero-order valence-corrected chi connectivity index (χ0v) is 19.9. The standard InChI is InChI=1S/C24H24ClF3N4O3/c1-23(2,35-19-10-6-17(25)7-11-19)21(33)29-12-13-31-22(34)32(18-8-9-18)20(30-31)15-4-3-5-16(14-15)24(26,27)28/h3-7,10-11,14,18H,8-9,12-13H2,1-2H3,(H,29,33). The molecule has 0 spiro atoms. The maximum absolute atomic E-state index is 13.2. The molecule has 11 heteroatoms. The number of nitrogens with zero attached hydrogens (tertiary/aromatic N) is 3. The summed E-state index contributed by atoms with van der Waals surface area (Å²) in [5, 5.41) is 7.57. The largest absolute Gasteiger partial charge is 0.478 e. The highest BCUT2D eigenvalue weighted by atomic mass is 35.5. The van der Waals surface area contributed by atoms with E-state index in [9.17, 15) is 22.8 Å². The fourth-order valence-electron chi connectivity index (χ4n) is 3.59. The third-order valence-corrected chi connectivity index (χ3v) is 5.83. The number of ether oxygens (including phenoxy) is 1. The number of aromatic nitrogens is 3. The third-order valence-electron chi connectivity index (χ3n) is 5.57. The van der Waals surface area contributed by atoms with Crippen LogP contribution in [0.15, 0.2) is 53.3 Å². The number of benzene rings is 2. The molecule has 1 aromatic heterocycles. The molecular weight excluding hydrogens is 485 g/mol. The lowest BCUT2D eigenvalue weighted by Gasteiger charge is -2.25.